The minimum Gasteiger partial charge on any atom is -0.410 e. The molecule has 0 saturated heterocycles. The quantitative estimate of drug-likeness (QED) is 0.515. The van der Waals surface area contributed by atoms with Gasteiger partial charge in [0.2, 0.25) is 0 Å². The summed E-state index contributed by atoms with van der Waals surface area (Å²) in [6.07, 6.45) is 3.20. The number of aryl methyl sites for hydroxylation is 1. The summed E-state index contributed by atoms with van der Waals surface area (Å²) in [6.45, 7) is 1.89. The van der Waals surface area contributed by atoms with Crippen LogP contribution in [0.1, 0.15) is 12.6 Å². The highest BCUT2D eigenvalue weighted by Gasteiger charge is 1.95. The average molecular weight is 112 g/mol. The molecule has 0 saturated carbocycles. The van der Waals surface area contributed by atoms with E-state index in [-0.39, 0.29) is 0 Å². The van der Waals surface area contributed by atoms with E-state index >= 15 is 0 Å². The molecule has 8 heavy (non-hydrogen) atoms. The van der Waals surface area contributed by atoms with Gasteiger partial charge in [0.05, 0.1) is 0 Å². The second-order valence-corrected chi connectivity index (χ2v) is 1.39. The van der Waals surface area contributed by atoms with Gasteiger partial charge in [-0.3, -0.25) is 0 Å². The predicted octanol–water partition coefficient (Wildman–Crippen LogP) is -0.122. The fourth-order valence-corrected chi connectivity index (χ4v) is 0.442. The summed E-state index contributed by atoms with van der Waals surface area (Å²) in [5.74, 6) is 0. The van der Waals surface area contributed by atoms with Crippen molar-refractivity contribution >= 4 is 0 Å². The van der Waals surface area contributed by atoms with Gasteiger partial charge in [-0.25, -0.2) is 0 Å². The largest absolute Gasteiger partial charge is 0.410 e. The van der Waals surface area contributed by atoms with Crippen molar-refractivity contribution in [1.29, 1.82) is 0 Å². The zero-order valence-electron chi connectivity index (χ0n) is 4.50. The fourth-order valence-electron chi connectivity index (χ4n) is 0.442. The summed E-state index contributed by atoms with van der Waals surface area (Å²) in [5, 5.41) is 15.2. The Morgan fingerprint density at radius 3 is 2.88 bits per heavy atom. The third-order valence-corrected chi connectivity index (χ3v) is 0.885. The summed E-state index contributed by atoms with van der Waals surface area (Å²) in [6, 6.07) is 0. The first-order valence-corrected chi connectivity index (χ1v) is 2.36. The zero-order chi connectivity index (χ0) is 5.98. The highest BCUT2D eigenvalue weighted by atomic mass is 16.5. The molecule has 0 aliphatic rings. The molecule has 4 heteroatoms. The second kappa shape index (κ2) is 1.81. The molecule has 0 atom stereocenters. The molecule has 1 N–H and O–H groups in total. The smallest absolute Gasteiger partial charge is 0.142 e. The predicted molar refractivity (Wildman–Crippen MR) is 25.4 cm³/mol. The third-order valence-electron chi connectivity index (χ3n) is 0.885. The summed E-state index contributed by atoms with van der Waals surface area (Å²) in [4.78, 5) is 0.722. The normalized spacial score (nSPS) is 9.62. The van der Waals surface area contributed by atoms with Crippen LogP contribution in [0.2, 0.25) is 0 Å². The average Bonchev–Trinajstić information content (AvgIpc) is 2.14. The lowest BCUT2D eigenvalue weighted by Gasteiger charge is -1.87. The van der Waals surface area contributed by atoms with Gasteiger partial charge in [0.15, 0.2) is 0 Å². The van der Waals surface area contributed by atoms with Crippen LogP contribution in [0.5, 0.6) is 0 Å². The molecule has 0 unspecified atom stereocenters. The van der Waals surface area contributed by atoms with Gasteiger partial charge in [0, 0.05) is 0 Å². The summed E-state index contributed by atoms with van der Waals surface area (Å²) in [5.41, 5.74) is 0.602. The van der Waals surface area contributed by atoms with E-state index in [1.165, 1.54) is 0 Å². The van der Waals surface area contributed by atoms with E-state index in [9.17, 15) is 0 Å². The Balaban J connectivity index is 2.92. The van der Waals surface area contributed by atoms with E-state index in [4.69, 9.17) is 5.21 Å². The second-order valence-electron chi connectivity index (χ2n) is 1.39. The van der Waals surface area contributed by atoms with Crippen molar-refractivity contribution in [1.82, 2.24) is 15.2 Å². The van der Waals surface area contributed by atoms with E-state index in [2.05, 4.69) is 16.5 Å². The highest BCUT2D eigenvalue weighted by molar-refractivity contribution is 4.87. The fraction of sp³-hybridized carbons (Fsp3) is 0.500. The molecule has 43 valence electrons. The lowest BCUT2D eigenvalue weighted by atomic mass is 10.4. The van der Waals surface area contributed by atoms with Gasteiger partial charge in [-0.15, -0.1) is 5.10 Å². The Labute approximate surface area is 46.7 Å². The van der Waals surface area contributed by atoms with Crippen LogP contribution < -0.4 is 0 Å². The molecule has 0 aromatic carbocycles. The topological polar surface area (TPSA) is 50.9 Å². The van der Waals surface area contributed by atoms with Gasteiger partial charge >= 0.3 is 0 Å². The number of rotatable bonds is 1. The van der Waals surface area contributed by atoms with Crippen LogP contribution in [-0.4, -0.2) is 20.4 Å². The lowest BCUT2D eigenvalue weighted by molar-refractivity contribution is 0.135. The van der Waals surface area contributed by atoms with E-state index in [1.54, 1.807) is 0 Å². The molecule has 1 rings (SSSR count). The monoisotopic (exact) mass is 112 g/mol. The van der Waals surface area contributed by atoms with Crippen molar-refractivity contribution in [3.05, 3.63) is 11.9 Å². The minimum absolute atomic E-state index is 0.602. The minimum atomic E-state index is 0.602. The van der Waals surface area contributed by atoms with E-state index < -0.39 is 0 Å². The maximum absolute atomic E-state index is 8.66. The first kappa shape index (κ1) is 5.08. The SMILES string of the molecule is CCc1[c]nnn1O. The van der Waals surface area contributed by atoms with E-state index in [1.807, 2.05) is 6.92 Å². The molecular formula is C4H6N3O. The molecule has 1 aromatic heterocycles. The molecule has 4 nitrogen and oxygen atoms in total. The van der Waals surface area contributed by atoms with Crippen molar-refractivity contribution in [2.45, 2.75) is 13.3 Å². The van der Waals surface area contributed by atoms with Crippen LogP contribution in [0, 0.1) is 6.20 Å². The first-order chi connectivity index (χ1) is 3.84. The van der Waals surface area contributed by atoms with E-state index in [0.29, 0.717) is 12.1 Å². The van der Waals surface area contributed by atoms with Gasteiger partial charge in [-0.05, 0) is 11.6 Å². The molecule has 0 aliphatic heterocycles. The van der Waals surface area contributed by atoms with Crippen molar-refractivity contribution in [3.63, 3.8) is 0 Å². The Bertz CT molecular complexity index is 172. The number of aromatic nitrogens is 3. The first-order valence-electron chi connectivity index (χ1n) is 2.36. The Morgan fingerprint density at radius 1 is 1.88 bits per heavy atom. The number of nitrogens with zero attached hydrogens (tertiary/aromatic N) is 3. The van der Waals surface area contributed by atoms with E-state index in [0.717, 1.165) is 4.85 Å². The van der Waals surface area contributed by atoms with Crippen LogP contribution >= 0.6 is 0 Å². The molecule has 0 fully saturated rings. The van der Waals surface area contributed by atoms with Crippen molar-refractivity contribution in [2.75, 3.05) is 0 Å². The molecule has 0 amide bonds. The summed E-state index contributed by atoms with van der Waals surface area (Å²) in [7, 11) is 0. The Kier molecular flexibility index (Phi) is 1.15. The summed E-state index contributed by atoms with van der Waals surface area (Å²) >= 11 is 0. The van der Waals surface area contributed by atoms with Crippen molar-refractivity contribution < 1.29 is 5.21 Å². The molecule has 1 radical (unpaired) electrons. The molecule has 0 bridgehead atoms. The number of hydrogen-bond acceptors (Lipinski definition) is 3. The maximum Gasteiger partial charge on any atom is 0.142 e. The van der Waals surface area contributed by atoms with Gasteiger partial charge < -0.3 is 5.21 Å². The van der Waals surface area contributed by atoms with Crippen molar-refractivity contribution in [2.24, 2.45) is 0 Å². The Hall–Kier alpha value is -1.06. The standard InChI is InChI=1S/C4H6N3O/c1-2-4-3-5-6-7(4)8/h8H,2H2,1H3. The summed E-state index contributed by atoms with van der Waals surface area (Å²) < 4.78 is 0. The van der Waals surface area contributed by atoms with Gasteiger partial charge in [0.1, 0.15) is 11.9 Å². The van der Waals surface area contributed by atoms with Gasteiger partial charge in [-0.1, -0.05) is 11.8 Å². The van der Waals surface area contributed by atoms with Crippen LogP contribution in [0.4, 0.5) is 0 Å². The lowest BCUT2D eigenvalue weighted by Crippen LogP contribution is -1.97. The molecule has 0 spiro atoms. The zero-order valence-corrected chi connectivity index (χ0v) is 4.50. The molecule has 0 aliphatic carbocycles. The molecular weight excluding hydrogens is 106 g/mol. The van der Waals surface area contributed by atoms with Crippen LogP contribution in [0.25, 0.3) is 0 Å². The van der Waals surface area contributed by atoms with Crippen molar-refractivity contribution in [3.8, 4) is 0 Å². The Morgan fingerprint density at radius 2 is 2.62 bits per heavy atom. The molecule has 1 heterocycles. The maximum atomic E-state index is 8.66. The number of hydrogen-bond donors (Lipinski definition) is 1. The van der Waals surface area contributed by atoms with Crippen LogP contribution in [0.15, 0.2) is 0 Å². The molecule has 1 aromatic rings. The highest BCUT2D eigenvalue weighted by Crippen LogP contribution is 1.89. The van der Waals surface area contributed by atoms with Crippen LogP contribution in [-0.2, 0) is 6.42 Å². The third kappa shape index (κ3) is 0.641. The van der Waals surface area contributed by atoms with Gasteiger partial charge in [-0.2, -0.15) is 0 Å². The van der Waals surface area contributed by atoms with Gasteiger partial charge in [0.25, 0.3) is 0 Å². The van der Waals surface area contributed by atoms with Crippen LogP contribution in [0.3, 0.4) is 0 Å².